The molecule has 3 saturated heterocycles. The van der Waals surface area contributed by atoms with Gasteiger partial charge in [0.25, 0.3) is 0 Å². The Hall–Kier alpha value is -9.14. The molecule has 0 bridgehead atoms. The van der Waals surface area contributed by atoms with E-state index in [4.69, 9.17) is 75.8 Å². The number of nitrogens with zero attached hydrogens (tertiary/aromatic N) is 3. The van der Waals surface area contributed by atoms with Crippen LogP contribution in [0.25, 0.3) is 14.5 Å². The van der Waals surface area contributed by atoms with Crippen LogP contribution in [-0.4, -0.2) is 94.8 Å². The van der Waals surface area contributed by atoms with E-state index in [1.165, 1.54) is 109 Å². The second-order valence-corrected chi connectivity index (χ2v) is 26.2. The maximum atomic E-state index is 12.9. The van der Waals surface area contributed by atoms with Crippen LogP contribution in [0.15, 0.2) is 158 Å². The molecule has 7 aromatic carbocycles. The van der Waals surface area contributed by atoms with E-state index in [-0.39, 0.29) is 60.4 Å². The average Bonchev–Trinajstić information content (AvgIpc) is 1.37. The summed E-state index contributed by atoms with van der Waals surface area (Å²) in [6, 6.07) is 38.1. The van der Waals surface area contributed by atoms with Crippen molar-refractivity contribution in [2.75, 3.05) is 19.8 Å². The second-order valence-electron chi connectivity index (χ2n) is 21.5. The Balaban J connectivity index is 0.000000192. The minimum Gasteiger partial charge on any atom is -0.457 e. The molecule has 100 heavy (non-hydrogen) atoms. The first kappa shape index (κ1) is 76.6. The highest BCUT2D eigenvalue weighted by atomic mass is 32.2. The van der Waals surface area contributed by atoms with Crippen LogP contribution in [0.3, 0.4) is 0 Å². The van der Waals surface area contributed by atoms with Crippen molar-refractivity contribution in [1.29, 1.82) is 0 Å². The molecule has 10 rings (SSSR count). The minimum atomic E-state index is -5.92. The third-order valence-corrected chi connectivity index (χ3v) is 16.8. The number of ether oxygens (including phenoxy) is 3. The third-order valence-electron chi connectivity index (χ3n) is 13.9. The SMILES string of the molecule is [C-]#[N+]c1ccc(Oc2ccc(OS(=O)(=O)C(F)(F)F)c(COB3OC(C)(C)C(C)(C)O3)c2)cc1.[C-]#[N+]c1ccc(Oc2ccc(OS(=O)(=O)C(F)(F)F)c(COB3OCC(c4ccccc4)O3)c2)cc1.[C-]#[N+]c1ccc(Oc2ccc(OS(=O)(=O)C(F)(F)F)c(COB3OCCO3)c2)cc1. The Labute approximate surface area is 567 Å². The van der Waals surface area contributed by atoms with Gasteiger partial charge in [0, 0.05) is 16.7 Å². The van der Waals surface area contributed by atoms with Crippen molar-refractivity contribution in [1.82, 2.24) is 0 Å². The quantitative estimate of drug-likeness (QED) is 0.0201. The molecule has 3 aliphatic rings. The molecule has 24 nitrogen and oxygen atoms in total. The van der Waals surface area contributed by atoms with Gasteiger partial charge in [0.05, 0.1) is 76.7 Å². The van der Waals surface area contributed by atoms with Gasteiger partial charge in [-0.05, 0) is 124 Å². The molecule has 0 aromatic heterocycles. The molecule has 0 aliphatic carbocycles. The molecular weight excluding hydrogens is 1410 g/mol. The van der Waals surface area contributed by atoms with Crippen LogP contribution >= 0.6 is 0 Å². The fraction of sp³-hybridized carbons (Fsp3) is 0.262. The van der Waals surface area contributed by atoms with E-state index >= 15 is 0 Å². The van der Waals surface area contributed by atoms with Crippen LogP contribution in [0, 0.1) is 19.7 Å². The molecule has 0 N–H and O–H groups in total. The fourth-order valence-electron chi connectivity index (χ4n) is 8.18. The molecule has 0 spiro atoms. The van der Waals surface area contributed by atoms with E-state index in [0.717, 1.165) is 23.8 Å². The van der Waals surface area contributed by atoms with Gasteiger partial charge in [-0.25, -0.2) is 14.5 Å². The molecule has 1 atom stereocenters. The normalized spacial score (nSPS) is 15.9. The first-order chi connectivity index (χ1) is 47.0. The molecule has 1 unspecified atom stereocenters. The lowest BCUT2D eigenvalue weighted by Crippen LogP contribution is -2.41. The summed E-state index contributed by atoms with van der Waals surface area (Å²) in [6.45, 7) is 27.6. The predicted octanol–water partition coefficient (Wildman–Crippen LogP) is 14.7. The number of rotatable bonds is 22. The van der Waals surface area contributed by atoms with Gasteiger partial charge < -0.3 is 68.6 Å². The lowest BCUT2D eigenvalue weighted by atomic mass is 9.90. The van der Waals surface area contributed by atoms with Gasteiger partial charge in [0.15, 0.2) is 17.1 Å². The highest BCUT2D eigenvalue weighted by Gasteiger charge is 2.54. The number of hydrogen-bond acceptors (Lipinski definition) is 21. The van der Waals surface area contributed by atoms with Crippen LogP contribution in [-0.2, 0) is 92.1 Å². The molecule has 7 aromatic rings. The van der Waals surface area contributed by atoms with Gasteiger partial charge in [-0.3, -0.25) is 0 Å². The summed E-state index contributed by atoms with van der Waals surface area (Å²) >= 11 is 0. The zero-order valence-electron chi connectivity index (χ0n) is 52.1. The van der Waals surface area contributed by atoms with Crippen LogP contribution < -0.4 is 26.8 Å². The summed E-state index contributed by atoms with van der Waals surface area (Å²) < 4.78 is 263. The maximum absolute atomic E-state index is 12.9. The van der Waals surface area contributed by atoms with Gasteiger partial charge in [-0.1, -0.05) is 66.7 Å². The molecule has 3 aliphatic heterocycles. The van der Waals surface area contributed by atoms with Crippen LogP contribution in [0.1, 0.15) is 56.1 Å². The maximum Gasteiger partial charge on any atom is 0.640 e. The summed E-state index contributed by atoms with van der Waals surface area (Å²) in [7, 11) is -21.0. The average molecular weight is 1460 g/mol. The summed E-state index contributed by atoms with van der Waals surface area (Å²) in [5, 5.41) is 0. The summed E-state index contributed by atoms with van der Waals surface area (Å²) in [6.07, 6.45) is -0.411. The zero-order chi connectivity index (χ0) is 72.9. The second kappa shape index (κ2) is 32.0. The molecule has 3 heterocycles. The number of benzene rings is 7. The van der Waals surface area contributed by atoms with Crippen molar-refractivity contribution in [3.05, 3.63) is 214 Å². The Morgan fingerprint density at radius 2 is 0.740 bits per heavy atom. The first-order valence-electron chi connectivity index (χ1n) is 28.6. The van der Waals surface area contributed by atoms with Gasteiger partial charge in [-0.15, -0.1) is 0 Å². The highest BCUT2D eigenvalue weighted by molar-refractivity contribution is 7.88. The van der Waals surface area contributed by atoms with Crippen LogP contribution in [0.4, 0.5) is 56.6 Å². The zero-order valence-corrected chi connectivity index (χ0v) is 54.6. The molecule has 526 valence electrons. The van der Waals surface area contributed by atoms with Gasteiger partial charge in [-0.2, -0.15) is 64.8 Å². The fourth-order valence-corrected chi connectivity index (χ4v) is 9.66. The Kier molecular flexibility index (Phi) is 24.5. The standard InChI is InChI=1S/C23H17BF3NO7S.C21H21BF3NO7S.C17H13BF3NO7S/c1-28-18-7-9-19(10-8-18)33-20-11-12-21(35-36(29,30)23(25,26)27)17(13-20)14-31-24-32-15-22(34-24)16-5-3-2-4-6-16;1-19(2)20(3,4)33-22(32-19)29-13-14-12-17(30-16-8-6-15(26-5)7-9-16)10-11-18(14)31-34(27,28)21(23,24)25;1-22-13-2-4-14(5-3-13)28-15-6-7-16(29-30(23,24)17(19,20)21)12(10-15)11-27-18-25-8-9-26-18/h2-13,22H,14-15H2;6-12H,13H2,1-4H3;2-7,10H,8-9,11H2. The lowest BCUT2D eigenvalue weighted by Gasteiger charge is -2.31. The Bertz CT molecular complexity index is 4450. The summed E-state index contributed by atoms with van der Waals surface area (Å²) in [5.41, 5.74) is -16.4. The Morgan fingerprint density at radius 1 is 0.430 bits per heavy atom. The van der Waals surface area contributed by atoms with Crippen molar-refractivity contribution < 1.29 is 133 Å². The van der Waals surface area contributed by atoms with Crippen molar-refractivity contribution in [3.8, 4) is 51.7 Å². The largest absolute Gasteiger partial charge is 0.640 e. The monoisotopic (exact) mass is 1460 g/mol. The summed E-state index contributed by atoms with van der Waals surface area (Å²) in [5.74, 6) is -0.217. The lowest BCUT2D eigenvalue weighted by molar-refractivity contribution is -0.0505. The van der Waals surface area contributed by atoms with Crippen LogP contribution in [0.2, 0.25) is 0 Å². The van der Waals surface area contributed by atoms with Crippen LogP contribution in [0.5, 0.6) is 51.7 Å². The molecule has 39 heteroatoms. The highest BCUT2D eigenvalue weighted by Crippen LogP contribution is 2.41. The topological polar surface area (TPSA) is 254 Å². The molecule has 3 fully saturated rings. The third kappa shape index (κ3) is 20.7. The van der Waals surface area contributed by atoms with E-state index in [1.807, 2.05) is 30.3 Å². The van der Waals surface area contributed by atoms with E-state index in [2.05, 4.69) is 27.1 Å². The first-order valence-corrected chi connectivity index (χ1v) is 32.8. The van der Waals surface area contributed by atoms with Crippen molar-refractivity contribution in [3.63, 3.8) is 0 Å². The van der Waals surface area contributed by atoms with E-state index in [9.17, 15) is 64.8 Å². The molecule has 0 radical (unpaired) electrons. The van der Waals surface area contributed by atoms with Gasteiger partial charge in [0.1, 0.15) is 51.7 Å². The molecule has 0 saturated carbocycles. The molecule has 0 amide bonds. The predicted molar refractivity (Wildman–Crippen MR) is 335 cm³/mol. The van der Waals surface area contributed by atoms with Crippen molar-refractivity contribution in [2.24, 2.45) is 0 Å². The number of alkyl halides is 9. The van der Waals surface area contributed by atoms with E-state index < -0.39 is 117 Å². The number of halogens is 9. The molecular formula is C61H51B3F9N3O21S3. The summed E-state index contributed by atoms with van der Waals surface area (Å²) in [4.78, 5) is 9.79. The van der Waals surface area contributed by atoms with Gasteiger partial charge >= 0.3 is 68.8 Å². The number of hydrogen-bond donors (Lipinski definition) is 0. The van der Waals surface area contributed by atoms with Gasteiger partial charge in [0.2, 0.25) is 0 Å². The van der Waals surface area contributed by atoms with Crippen molar-refractivity contribution >= 4 is 69.4 Å². The van der Waals surface area contributed by atoms with E-state index in [1.54, 1.807) is 27.7 Å². The smallest absolute Gasteiger partial charge is 0.457 e. The van der Waals surface area contributed by atoms with E-state index in [0.29, 0.717) is 34.3 Å². The Morgan fingerprint density at radius 3 is 1.06 bits per heavy atom. The van der Waals surface area contributed by atoms with Crippen molar-refractivity contribution in [2.45, 2.75) is 81.3 Å². The minimum absolute atomic E-state index is 0.0443.